The first-order chi connectivity index (χ1) is 7.10. The van der Waals surface area contributed by atoms with Gasteiger partial charge in [0.2, 0.25) is 0 Å². The van der Waals surface area contributed by atoms with Crippen LogP contribution in [0.15, 0.2) is 0 Å². The molecule has 1 saturated heterocycles. The van der Waals surface area contributed by atoms with Crippen LogP contribution in [0.25, 0.3) is 0 Å². The Hall–Kier alpha value is -0.0800. The quantitative estimate of drug-likeness (QED) is 0.745. The summed E-state index contributed by atoms with van der Waals surface area (Å²) in [6.45, 7) is 9.69. The highest BCUT2D eigenvalue weighted by Crippen LogP contribution is 2.44. The van der Waals surface area contributed by atoms with E-state index in [1.807, 2.05) is 0 Å². The molecule has 0 aromatic rings. The van der Waals surface area contributed by atoms with Crippen molar-refractivity contribution in [3.8, 4) is 0 Å². The maximum absolute atomic E-state index is 3.79. The number of hydrogen-bond donors (Lipinski definition) is 1. The third kappa shape index (κ3) is 1.72. The lowest BCUT2D eigenvalue weighted by Crippen LogP contribution is -2.63. The normalized spacial score (nSPS) is 51.8. The van der Waals surface area contributed by atoms with E-state index in [9.17, 15) is 0 Å². The summed E-state index contributed by atoms with van der Waals surface area (Å²) < 4.78 is 0. The Morgan fingerprint density at radius 1 is 1.27 bits per heavy atom. The third-order valence-corrected chi connectivity index (χ3v) is 4.85. The van der Waals surface area contributed by atoms with Gasteiger partial charge in [-0.05, 0) is 44.9 Å². The van der Waals surface area contributed by atoms with Crippen LogP contribution in [0, 0.1) is 11.8 Å². The van der Waals surface area contributed by atoms with Crippen molar-refractivity contribution in [2.45, 2.75) is 57.7 Å². The lowest BCUT2D eigenvalue weighted by Gasteiger charge is -2.46. The Morgan fingerprint density at radius 3 is 2.47 bits per heavy atom. The van der Waals surface area contributed by atoms with E-state index in [1.54, 1.807) is 0 Å². The van der Waals surface area contributed by atoms with Gasteiger partial charge in [-0.15, -0.1) is 0 Å². The Labute approximate surface area is 93.4 Å². The van der Waals surface area contributed by atoms with Crippen LogP contribution in [0.2, 0.25) is 0 Å². The Kier molecular flexibility index (Phi) is 2.16. The lowest BCUT2D eigenvalue weighted by atomic mass is 9.91. The van der Waals surface area contributed by atoms with Crippen LogP contribution in [-0.4, -0.2) is 35.6 Å². The van der Waals surface area contributed by atoms with Crippen molar-refractivity contribution in [2.75, 3.05) is 13.1 Å². The Balaban J connectivity index is 1.70. The standard InChI is InChI=1S/C13H24N2/c1-9-6-12(9)15-8-13(3,11-4-5-11)14-7-10(15)2/h9-12,14H,4-8H2,1-3H3. The van der Waals surface area contributed by atoms with Crippen molar-refractivity contribution in [3.63, 3.8) is 0 Å². The van der Waals surface area contributed by atoms with Crippen molar-refractivity contribution in [1.29, 1.82) is 0 Å². The number of rotatable bonds is 2. The van der Waals surface area contributed by atoms with Crippen LogP contribution in [0.5, 0.6) is 0 Å². The number of nitrogens with one attached hydrogen (secondary N) is 1. The minimum atomic E-state index is 0.425. The van der Waals surface area contributed by atoms with Crippen LogP contribution >= 0.6 is 0 Å². The minimum absolute atomic E-state index is 0.425. The Bertz CT molecular complexity index is 259. The number of hydrogen-bond acceptors (Lipinski definition) is 2. The molecule has 15 heavy (non-hydrogen) atoms. The van der Waals surface area contributed by atoms with Crippen molar-refractivity contribution in [1.82, 2.24) is 10.2 Å². The molecule has 2 aliphatic carbocycles. The van der Waals surface area contributed by atoms with Gasteiger partial charge in [-0.25, -0.2) is 0 Å². The molecular weight excluding hydrogens is 184 g/mol. The van der Waals surface area contributed by atoms with E-state index in [0.29, 0.717) is 5.54 Å². The van der Waals surface area contributed by atoms with E-state index >= 15 is 0 Å². The van der Waals surface area contributed by atoms with E-state index in [-0.39, 0.29) is 0 Å². The molecule has 1 aliphatic heterocycles. The second-order valence-corrected chi connectivity index (χ2v) is 6.37. The molecular formula is C13H24N2. The van der Waals surface area contributed by atoms with Crippen molar-refractivity contribution in [2.24, 2.45) is 11.8 Å². The van der Waals surface area contributed by atoms with Crippen LogP contribution in [0.1, 0.15) is 40.0 Å². The minimum Gasteiger partial charge on any atom is -0.308 e. The van der Waals surface area contributed by atoms with E-state index in [2.05, 4.69) is 31.0 Å². The summed E-state index contributed by atoms with van der Waals surface area (Å²) in [6, 6.07) is 1.65. The molecule has 3 aliphatic rings. The molecule has 2 nitrogen and oxygen atoms in total. The highest BCUT2D eigenvalue weighted by atomic mass is 15.3. The Morgan fingerprint density at radius 2 is 1.93 bits per heavy atom. The zero-order valence-corrected chi connectivity index (χ0v) is 10.3. The largest absolute Gasteiger partial charge is 0.308 e. The molecule has 2 saturated carbocycles. The number of piperazine rings is 1. The molecule has 0 aromatic carbocycles. The van der Waals surface area contributed by atoms with Crippen molar-refractivity contribution < 1.29 is 0 Å². The molecule has 1 N–H and O–H groups in total. The van der Waals surface area contributed by atoms with Crippen molar-refractivity contribution >= 4 is 0 Å². The van der Waals surface area contributed by atoms with Gasteiger partial charge in [-0.1, -0.05) is 6.92 Å². The van der Waals surface area contributed by atoms with Gasteiger partial charge in [0.1, 0.15) is 0 Å². The average molecular weight is 208 g/mol. The van der Waals surface area contributed by atoms with E-state index < -0.39 is 0 Å². The van der Waals surface area contributed by atoms with Gasteiger partial charge in [-0.2, -0.15) is 0 Å². The molecule has 0 amide bonds. The summed E-state index contributed by atoms with van der Waals surface area (Å²) in [5, 5.41) is 3.79. The molecule has 0 spiro atoms. The average Bonchev–Trinajstić information content (AvgIpc) is 3.02. The second kappa shape index (κ2) is 3.21. The van der Waals surface area contributed by atoms with Crippen LogP contribution in [-0.2, 0) is 0 Å². The summed E-state index contributed by atoms with van der Waals surface area (Å²) in [5.74, 6) is 1.91. The van der Waals surface area contributed by atoms with Crippen LogP contribution < -0.4 is 5.32 Å². The van der Waals surface area contributed by atoms with E-state index in [4.69, 9.17) is 0 Å². The molecule has 2 heteroatoms. The van der Waals surface area contributed by atoms with Gasteiger partial charge in [0.25, 0.3) is 0 Å². The monoisotopic (exact) mass is 208 g/mol. The van der Waals surface area contributed by atoms with Gasteiger partial charge in [0.05, 0.1) is 0 Å². The zero-order chi connectivity index (χ0) is 10.6. The predicted molar refractivity (Wildman–Crippen MR) is 62.9 cm³/mol. The van der Waals surface area contributed by atoms with Gasteiger partial charge >= 0.3 is 0 Å². The zero-order valence-electron chi connectivity index (χ0n) is 10.3. The molecule has 86 valence electrons. The lowest BCUT2D eigenvalue weighted by molar-refractivity contribution is 0.0728. The first-order valence-electron chi connectivity index (χ1n) is 6.61. The van der Waals surface area contributed by atoms with Gasteiger partial charge in [-0.3, -0.25) is 4.90 Å². The molecule has 4 unspecified atom stereocenters. The summed E-state index contributed by atoms with van der Waals surface area (Å²) in [4.78, 5) is 2.78. The maximum atomic E-state index is 3.79. The smallest absolute Gasteiger partial charge is 0.0309 e. The summed E-state index contributed by atoms with van der Waals surface area (Å²) in [5.41, 5.74) is 0.425. The van der Waals surface area contributed by atoms with Gasteiger partial charge in [0, 0.05) is 30.7 Å². The molecule has 3 fully saturated rings. The third-order valence-electron chi connectivity index (χ3n) is 4.85. The molecule has 3 rings (SSSR count). The van der Waals surface area contributed by atoms with Crippen LogP contribution in [0.3, 0.4) is 0 Å². The SMILES string of the molecule is CC1CC1N1CC(C)(C2CC2)NCC1C. The summed E-state index contributed by atoms with van der Waals surface area (Å²) in [6.07, 6.45) is 4.34. The molecule has 0 bridgehead atoms. The fourth-order valence-electron chi connectivity index (χ4n) is 3.29. The highest BCUT2D eigenvalue weighted by Gasteiger charge is 2.49. The topological polar surface area (TPSA) is 15.3 Å². The van der Waals surface area contributed by atoms with Crippen molar-refractivity contribution in [3.05, 3.63) is 0 Å². The first-order valence-corrected chi connectivity index (χ1v) is 6.61. The van der Waals surface area contributed by atoms with Gasteiger partial charge < -0.3 is 5.32 Å². The molecule has 0 aromatic heterocycles. The second-order valence-electron chi connectivity index (χ2n) is 6.37. The molecule has 4 atom stereocenters. The van der Waals surface area contributed by atoms with E-state index in [1.165, 1.54) is 32.4 Å². The fraction of sp³-hybridized carbons (Fsp3) is 1.00. The molecule has 1 heterocycles. The van der Waals surface area contributed by atoms with Gasteiger partial charge in [0.15, 0.2) is 0 Å². The predicted octanol–water partition coefficient (Wildman–Crippen LogP) is 1.86. The maximum Gasteiger partial charge on any atom is 0.0309 e. The first kappa shape index (κ1) is 10.1. The number of nitrogens with zero attached hydrogens (tertiary/aromatic N) is 1. The summed E-state index contributed by atoms with van der Waals surface area (Å²) >= 11 is 0. The fourth-order valence-corrected chi connectivity index (χ4v) is 3.29. The van der Waals surface area contributed by atoms with Crippen LogP contribution in [0.4, 0.5) is 0 Å². The summed E-state index contributed by atoms with van der Waals surface area (Å²) in [7, 11) is 0. The highest BCUT2D eigenvalue weighted by molar-refractivity contribution is 5.07. The molecule has 0 radical (unpaired) electrons. The van der Waals surface area contributed by atoms with E-state index in [0.717, 1.165) is 23.9 Å².